The van der Waals surface area contributed by atoms with E-state index in [-0.39, 0.29) is 0 Å². The average Bonchev–Trinajstić information content (AvgIpc) is 3.24. The van der Waals surface area contributed by atoms with Gasteiger partial charge in [0, 0.05) is 12.6 Å². The minimum Gasteiger partial charge on any atom is -0.310 e. The van der Waals surface area contributed by atoms with Crippen molar-refractivity contribution < 1.29 is 0 Å². The van der Waals surface area contributed by atoms with Gasteiger partial charge < -0.3 is 5.32 Å². The quantitative estimate of drug-likeness (QED) is 0.916. The van der Waals surface area contributed by atoms with E-state index in [4.69, 9.17) is 0 Å². The molecule has 1 aromatic heterocycles. The second kappa shape index (κ2) is 5.60. The number of fused-ring (bicyclic) bond motifs is 2. The summed E-state index contributed by atoms with van der Waals surface area (Å²) in [6, 6.07) is 9.61. The number of nitrogens with zero attached hydrogens (tertiary/aromatic N) is 3. The molecule has 21 heavy (non-hydrogen) atoms. The Kier molecular flexibility index (Phi) is 3.47. The van der Waals surface area contributed by atoms with Crippen LogP contribution in [-0.2, 0) is 13.1 Å². The Morgan fingerprint density at radius 3 is 2.62 bits per heavy atom. The Morgan fingerprint density at radius 1 is 1.10 bits per heavy atom. The molecule has 1 aromatic carbocycles. The van der Waals surface area contributed by atoms with Crippen LogP contribution in [0.15, 0.2) is 36.9 Å². The van der Waals surface area contributed by atoms with Crippen LogP contribution in [0, 0.1) is 11.8 Å². The lowest BCUT2D eigenvalue weighted by Crippen LogP contribution is -2.33. The van der Waals surface area contributed by atoms with E-state index >= 15 is 0 Å². The van der Waals surface area contributed by atoms with Crippen LogP contribution in [0.2, 0.25) is 0 Å². The molecule has 1 heterocycles. The summed E-state index contributed by atoms with van der Waals surface area (Å²) in [6.45, 7) is 1.79. The fourth-order valence-electron chi connectivity index (χ4n) is 4.01. The highest BCUT2D eigenvalue weighted by atomic mass is 15.3. The largest absolute Gasteiger partial charge is 0.310 e. The molecule has 0 saturated heterocycles. The molecule has 2 aliphatic rings. The first-order valence-corrected chi connectivity index (χ1v) is 8.00. The zero-order valence-electron chi connectivity index (χ0n) is 12.3. The van der Waals surface area contributed by atoms with Gasteiger partial charge in [-0.05, 0) is 42.2 Å². The average molecular weight is 282 g/mol. The van der Waals surface area contributed by atoms with E-state index in [0.717, 1.165) is 31.0 Å². The van der Waals surface area contributed by atoms with Gasteiger partial charge in [-0.2, -0.15) is 5.10 Å². The third-order valence-corrected chi connectivity index (χ3v) is 5.14. The fraction of sp³-hybridized carbons (Fsp3) is 0.529. The van der Waals surface area contributed by atoms with Crippen molar-refractivity contribution in [1.29, 1.82) is 0 Å². The lowest BCUT2D eigenvalue weighted by molar-refractivity contribution is 0.351. The predicted molar refractivity (Wildman–Crippen MR) is 81.6 cm³/mol. The molecule has 2 bridgehead atoms. The molecular weight excluding hydrogens is 260 g/mol. The minimum absolute atomic E-state index is 0.763. The summed E-state index contributed by atoms with van der Waals surface area (Å²) in [7, 11) is 0. The van der Waals surface area contributed by atoms with Crippen LogP contribution in [0.5, 0.6) is 0 Å². The van der Waals surface area contributed by atoms with Crippen molar-refractivity contribution in [2.75, 3.05) is 0 Å². The summed E-state index contributed by atoms with van der Waals surface area (Å²) in [4.78, 5) is 3.97. The van der Waals surface area contributed by atoms with Crippen LogP contribution >= 0.6 is 0 Å². The Balaban J connectivity index is 1.32. The summed E-state index contributed by atoms with van der Waals surface area (Å²) >= 11 is 0. The molecule has 0 amide bonds. The molecular formula is C17H22N4. The van der Waals surface area contributed by atoms with Crippen LogP contribution in [-0.4, -0.2) is 20.8 Å². The molecule has 4 rings (SSSR count). The van der Waals surface area contributed by atoms with Gasteiger partial charge in [0.15, 0.2) is 0 Å². The van der Waals surface area contributed by atoms with Crippen molar-refractivity contribution in [3.63, 3.8) is 0 Å². The topological polar surface area (TPSA) is 42.7 Å². The Bertz CT molecular complexity index is 575. The molecule has 4 nitrogen and oxygen atoms in total. The maximum atomic E-state index is 4.14. The predicted octanol–water partition coefficient (Wildman–Crippen LogP) is 2.60. The summed E-state index contributed by atoms with van der Waals surface area (Å²) < 4.78 is 1.85. The normalized spacial score (nSPS) is 27.3. The van der Waals surface area contributed by atoms with Gasteiger partial charge in [-0.25, -0.2) is 9.67 Å². The van der Waals surface area contributed by atoms with E-state index in [0.29, 0.717) is 0 Å². The molecule has 0 radical (unpaired) electrons. The van der Waals surface area contributed by atoms with Gasteiger partial charge in [0.05, 0.1) is 6.54 Å². The van der Waals surface area contributed by atoms with Crippen molar-refractivity contribution in [3.05, 3.63) is 48.0 Å². The first-order chi connectivity index (χ1) is 10.4. The second-order valence-electron chi connectivity index (χ2n) is 6.57. The van der Waals surface area contributed by atoms with E-state index in [1.807, 2.05) is 4.68 Å². The first-order valence-electron chi connectivity index (χ1n) is 8.00. The summed E-state index contributed by atoms with van der Waals surface area (Å²) in [5.74, 6) is 1.96. The molecule has 2 aromatic rings. The molecule has 2 aliphatic carbocycles. The highest BCUT2D eigenvalue weighted by Gasteiger charge is 2.38. The standard InChI is InChI=1S/C17H22N4/c1-3-14(10-21-12-18-11-20-21)4-2-13(1)9-19-17-8-15-5-6-16(17)7-15/h1-4,11-12,15-17,19H,5-10H2. The monoisotopic (exact) mass is 282 g/mol. The van der Waals surface area contributed by atoms with Crippen LogP contribution in [0.1, 0.15) is 36.8 Å². The Morgan fingerprint density at radius 2 is 1.95 bits per heavy atom. The molecule has 2 fully saturated rings. The third kappa shape index (κ3) is 2.86. The van der Waals surface area contributed by atoms with Crippen molar-refractivity contribution in [3.8, 4) is 0 Å². The minimum atomic E-state index is 0.763. The highest BCUT2D eigenvalue weighted by Crippen LogP contribution is 2.44. The van der Waals surface area contributed by atoms with Crippen LogP contribution in [0.3, 0.4) is 0 Å². The van der Waals surface area contributed by atoms with E-state index in [9.17, 15) is 0 Å². The van der Waals surface area contributed by atoms with Crippen LogP contribution < -0.4 is 5.32 Å². The van der Waals surface area contributed by atoms with E-state index in [2.05, 4.69) is 39.7 Å². The van der Waals surface area contributed by atoms with Crippen LogP contribution in [0.25, 0.3) is 0 Å². The van der Waals surface area contributed by atoms with Gasteiger partial charge in [-0.15, -0.1) is 0 Å². The molecule has 3 unspecified atom stereocenters. The van der Waals surface area contributed by atoms with Crippen LogP contribution in [0.4, 0.5) is 0 Å². The summed E-state index contributed by atoms with van der Waals surface area (Å²) in [6.07, 6.45) is 9.11. The van der Waals surface area contributed by atoms with Crippen molar-refractivity contribution >= 4 is 0 Å². The number of hydrogen-bond acceptors (Lipinski definition) is 3. The van der Waals surface area contributed by atoms with E-state index < -0.39 is 0 Å². The highest BCUT2D eigenvalue weighted by molar-refractivity contribution is 5.22. The van der Waals surface area contributed by atoms with Gasteiger partial charge >= 0.3 is 0 Å². The Labute approximate surface area is 125 Å². The molecule has 2 saturated carbocycles. The molecule has 4 heteroatoms. The SMILES string of the molecule is c1ncn(Cc2ccc(CNC3CC4CCC3C4)cc2)n1. The first kappa shape index (κ1) is 13.0. The third-order valence-electron chi connectivity index (χ3n) is 5.14. The lowest BCUT2D eigenvalue weighted by atomic mass is 9.95. The van der Waals surface area contributed by atoms with Gasteiger partial charge in [0.25, 0.3) is 0 Å². The van der Waals surface area contributed by atoms with Gasteiger partial charge in [0.1, 0.15) is 12.7 Å². The fourth-order valence-corrected chi connectivity index (χ4v) is 4.01. The Hall–Kier alpha value is -1.68. The molecule has 0 aliphatic heterocycles. The zero-order valence-corrected chi connectivity index (χ0v) is 12.3. The summed E-state index contributed by atoms with van der Waals surface area (Å²) in [5.41, 5.74) is 2.64. The number of rotatable bonds is 5. The number of benzene rings is 1. The van der Waals surface area contributed by atoms with E-state index in [1.54, 1.807) is 12.7 Å². The van der Waals surface area contributed by atoms with Crippen molar-refractivity contribution in [2.45, 2.75) is 44.8 Å². The maximum Gasteiger partial charge on any atom is 0.137 e. The molecule has 0 spiro atoms. The lowest BCUT2D eigenvalue weighted by Gasteiger charge is -2.23. The van der Waals surface area contributed by atoms with Crippen molar-refractivity contribution in [1.82, 2.24) is 20.1 Å². The number of aromatic nitrogens is 3. The number of hydrogen-bond donors (Lipinski definition) is 1. The van der Waals surface area contributed by atoms with E-state index in [1.165, 1.54) is 36.8 Å². The maximum absolute atomic E-state index is 4.14. The molecule has 1 N–H and O–H groups in total. The summed E-state index contributed by atoms with van der Waals surface area (Å²) in [5, 5.41) is 7.90. The smallest absolute Gasteiger partial charge is 0.137 e. The zero-order chi connectivity index (χ0) is 14.1. The van der Waals surface area contributed by atoms with Gasteiger partial charge in [-0.1, -0.05) is 30.7 Å². The number of nitrogens with one attached hydrogen (secondary N) is 1. The molecule has 110 valence electrons. The van der Waals surface area contributed by atoms with Crippen molar-refractivity contribution in [2.24, 2.45) is 11.8 Å². The van der Waals surface area contributed by atoms with Gasteiger partial charge in [-0.3, -0.25) is 0 Å². The second-order valence-corrected chi connectivity index (χ2v) is 6.57. The molecule has 3 atom stereocenters. The van der Waals surface area contributed by atoms with Gasteiger partial charge in [0.2, 0.25) is 0 Å².